The minimum Gasteiger partial charge on any atom is -0.367 e. The molecular formula is C19H30F3N5O. The van der Waals surface area contributed by atoms with Gasteiger partial charge in [0.2, 0.25) is 0 Å². The van der Waals surface area contributed by atoms with E-state index in [0.717, 1.165) is 30.5 Å². The molecule has 0 saturated carbocycles. The molecule has 3 atom stereocenters. The van der Waals surface area contributed by atoms with Crippen LogP contribution in [0.4, 0.5) is 19.0 Å². The predicted octanol–water partition coefficient (Wildman–Crippen LogP) is 3.38. The Kier molecular flexibility index (Phi) is 5.93. The molecule has 2 aliphatic rings. The van der Waals surface area contributed by atoms with E-state index < -0.39 is 12.2 Å². The van der Waals surface area contributed by atoms with Gasteiger partial charge in [0.15, 0.2) is 11.7 Å². The SMILES string of the molecule is CC(C)[C@@H]1C[C@H](C(F)(F)F)n2nc(C(=O)N3CCCC[C@@H]3CN(C)C)cc2N1. The summed E-state index contributed by atoms with van der Waals surface area (Å²) in [6.45, 7) is 5.13. The van der Waals surface area contributed by atoms with E-state index >= 15 is 0 Å². The van der Waals surface area contributed by atoms with Gasteiger partial charge in [-0.2, -0.15) is 18.3 Å². The molecule has 6 nitrogen and oxygen atoms in total. The zero-order valence-electron chi connectivity index (χ0n) is 17.0. The Morgan fingerprint density at radius 2 is 2.07 bits per heavy atom. The number of amides is 1. The first kappa shape index (κ1) is 21.0. The van der Waals surface area contributed by atoms with Crippen molar-refractivity contribution in [2.75, 3.05) is 32.5 Å². The number of hydrogen-bond donors (Lipinski definition) is 1. The molecule has 3 heterocycles. The molecule has 0 bridgehead atoms. The lowest BCUT2D eigenvalue weighted by atomic mass is 9.94. The number of aromatic nitrogens is 2. The van der Waals surface area contributed by atoms with Crippen LogP contribution in [-0.4, -0.2) is 70.9 Å². The summed E-state index contributed by atoms with van der Waals surface area (Å²) >= 11 is 0. The molecule has 1 fully saturated rings. The van der Waals surface area contributed by atoms with E-state index in [1.807, 2.05) is 32.8 Å². The summed E-state index contributed by atoms with van der Waals surface area (Å²) in [4.78, 5) is 16.9. The number of nitrogens with one attached hydrogen (secondary N) is 1. The van der Waals surface area contributed by atoms with Gasteiger partial charge in [0, 0.05) is 31.2 Å². The lowest BCUT2D eigenvalue weighted by Gasteiger charge is -2.36. The zero-order chi connectivity index (χ0) is 20.6. The lowest BCUT2D eigenvalue weighted by molar-refractivity contribution is -0.174. The monoisotopic (exact) mass is 401 g/mol. The van der Waals surface area contributed by atoms with Gasteiger partial charge in [0.25, 0.3) is 5.91 Å². The molecule has 0 aliphatic carbocycles. The molecular weight excluding hydrogens is 371 g/mol. The zero-order valence-corrected chi connectivity index (χ0v) is 17.0. The Hall–Kier alpha value is -1.77. The van der Waals surface area contributed by atoms with Crippen LogP contribution in [0.1, 0.15) is 56.1 Å². The molecule has 0 unspecified atom stereocenters. The molecule has 0 spiro atoms. The van der Waals surface area contributed by atoms with Gasteiger partial charge < -0.3 is 15.1 Å². The van der Waals surface area contributed by atoms with Crippen LogP contribution >= 0.6 is 0 Å². The second-order valence-corrected chi connectivity index (χ2v) is 8.56. The Labute approximate surface area is 164 Å². The van der Waals surface area contributed by atoms with Crippen LogP contribution in [-0.2, 0) is 0 Å². The molecule has 28 heavy (non-hydrogen) atoms. The maximum absolute atomic E-state index is 13.6. The van der Waals surface area contributed by atoms with Crippen molar-refractivity contribution in [3.05, 3.63) is 11.8 Å². The van der Waals surface area contributed by atoms with Crippen LogP contribution < -0.4 is 5.32 Å². The predicted molar refractivity (Wildman–Crippen MR) is 101 cm³/mol. The van der Waals surface area contributed by atoms with Crippen molar-refractivity contribution in [1.82, 2.24) is 19.6 Å². The first-order chi connectivity index (χ1) is 13.1. The molecule has 0 radical (unpaired) electrons. The van der Waals surface area contributed by atoms with E-state index in [0.29, 0.717) is 6.54 Å². The minimum absolute atomic E-state index is 0.0409. The molecule has 2 aliphatic heterocycles. The average Bonchev–Trinajstić information content (AvgIpc) is 3.03. The van der Waals surface area contributed by atoms with E-state index in [2.05, 4.69) is 10.4 Å². The number of fused-ring (bicyclic) bond motifs is 1. The van der Waals surface area contributed by atoms with Gasteiger partial charge in [-0.3, -0.25) is 4.79 Å². The van der Waals surface area contributed by atoms with E-state index in [-0.39, 0.29) is 41.8 Å². The highest BCUT2D eigenvalue weighted by atomic mass is 19.4. The molecule has 158 valence electrons. The highest BCUT2D eigenvalue weighted by Gasteiger charge is 2.47. The number of anilines is 1. The minimum atomic E-state index is -4.41. The van der Waals surface area contributed by atoms with Crippen LogP contribution in [0.15, 0.2) is 6.07 Å². The van der Waals surface area contributed by atoms with E-state index in [1.54, 1.807) is 4.90 Å². The largest absolute Gasteiger partial charge is 0.410 e. The van der Waals surface area contributed by atoms with Crippen LogP contribution in [0.5, 0.6) is 0 Å². The lowest BCUT2D eigenvalue weighted by Crippen LogP contribution is -2.48. The number of hydrogen-bond acceptors (Lipinski definition) is 4. The molecule has 1 amide bonds. The fraction of sp³-hybridized carbons (Fsp3) is 0.789. The fourth-order valence-electron chi connectivity index (χ4n) is 4.17. The number of nitrogens with zero attached hydrogens (tertiary/aromatic N) is 4. The van der Waals surface area contributed by atoms with Crippen molar-refractivity contribution >= 4 is 11.7 Å². The van der Waals surface area contributed by atoms with Gasteiger partial charge in [-0.05, 0) is 45.7 Å². The van der Waals surface area contributed by atoms with Gasteiger partial charge in [-0.1, -0.05) is 13.8 Å². The molecule has 1 aromatic heterocycles. The Morgan fingerprint density at radius 3 is 2.68 bits per heavy atom. The number of carbonyl (C=O) groups excluding carboxylic acids is 1. The van der Waals surface area contributed by atoms with Gasteiger partial charge in [0.1, 0.15) is 5.82 Å². The second kappa shape index (κ2) is 7.93. The van der Waals surface area contributed by atoms with Gasteiger partial charge in [-0.25, -0.2) is 4.68 Å². The summed E-state index contributed by atoms with van der Waals surface area (Å²) in [5, 5.41) is 7.25. The Bertz CT molecular complexity index is 700. The third kappa shape index (κ3) is 4.29. The van der Waals surface area contributed by atoms with Crippen LogP contribution in [0.3, 0.4) is 0 Å². The van der Waals surface area contributed by atoms with Crippen molar-refractivity contribution in [2.45, 2.75) is 63.8 Å². The number of carbonyl (C=O) groups is 1. The first-order valence-electron chi connectivity index (χ1n) is 9.96. The topological polar surface area (TPSA) is 53.4 Å². The van der Waals surface area contributed by atoms with Crippen LogP contribution in [0.25, 0.3) is 0 Å². The molecule has 3 rings (SSSR count). The third-order valence-corrected chi connectivity index (χ3v) is 5.71. The van der Waals surface area contributed by atoms with Crippen molar-refractivity contribution < 1.29 is 18.0 Å². The van der Waals surface area contributed by atoms with Crippen LogP contribution in [0, 0.1) is 5.92 Å². The second-order valence-electron chi connectivity index (χ2n) is 8.56. The standard InChI is InChI=1S/C19H30F3N5O/c1-12(2)14-9-16(19(20,21)22)27-17(23-14)10-15(24-27)18(28)26-8-6-5-7-13(26)11-25(3)4/h10,12-14,16,23H,5-9,11H2,1-4H3/t13-,14+,16-/m1/s1. The number of likely N-dealkylation sites (tertiary alicyclic amines) is 1. The number of halogens is 3. The molecule has 1 aromatic rings. The molecule has 1 saturated heterocycles. The summed E-state index contributed by atoms with van der Waals surface area (Å²) in [6.07, 6.45) is -1.64. The van der Waals surface area contributed by atoms with E-state index in [9.17, 15) is 18.0 Å². The smallest absolute Gasteiger partial charge is 0.367 e. The summed E-state index contributed by atoms with van der Waals surface area (Å²) in [5.41, 5.74) is 0.0896. The summed E-state index contributed by atoms with van der Waals surface area (Å²) in [7, 11) is 3.91. The number of rotatable bonds is 4. The third-order valence-electron chi connectivity index (χ3n) is 5.71. The van der Waals surface area contributed by atoms with Crippen LogP contribution in [0.2, 0.25) is 0 Å². The highest BCUT2D eigenvalue weighted by Crippen LogP contribution is 2.41. The number of alkyl halides is 3. The first-order valence-corrected chi connectivity index (χ1v) is 9.96. The maximum Gasteiger partial charge on any atom is 0.410 e. The number of piperidine rings is 1. The average molecular weight is 401 g/mol. The summed E-state index contributed by atoms with van der Waals surface area (Å²) in [5.74, 6) is 0.0354. The van der Waals surface area contributed by atoms with Gasteiger partial charge in [-0.15, -0.1) is 0 Å². The summed E-state index contributed by atoms with van der Waals surface area (Å²) < 4.78 is 41.9. The Morgan fingerprint density at radius 1 is 1.36 bits per heavy atom. The molecule has 9 heteroatoms. The van der Waals surface area contributed by atoms with Gasteiger partial charge >= 0.3 is 6.18 Å². The molecule has 1 N–H and O–H groups in total. The van der Waals surface area contributed by atoms with E-state index in [4.69, 9.17) is 0 Å². The quantitative estimate of drug-likeness (QED) is 0.840. The normalized spacial score (nSPS) is 25.8. The summed E-state index contributed by atoms with van der Waals surface area (Å²) in [6, 6.07) is -0.478. The molecule has 0 aromatic carbocycles. The van der Waals surface area contributed by atoms with Crippen molar-refractivity contribution in [3.8, 4) is 0 Å². The maximum atomic E-state index is 13.6. The fourth-order valence-corrected chi connectivity index (χ4v) is 4.17. The van der Waals surface area contributed by atoms with Crippen molar-refractivity contribution in [1.29, 1.82) is 0 Å². The number of likely N-dealkylation sites (N-methyl/N-ethyl adjacent to an activating group) is 1. The van der Waals surface area contributed by atoms with Gasteiger partial charge in [0.05, 0.1) is 0 Å². The van der Waals surface area contributed by atoms with E-state index in [1.165, 1.54) is 6.07 Å². The Balaban J connectivity index is 1.89. The van der Waals surface area contributed by atoms with Crippen molar-refractivity contribution in [3.63, 3.8) is 0 Å². The van der Waals surface area contributed by atoms with Crippen molar-refractivity contribution in [2.24, 2.45) is 5.92 Å². The highest BCUT2D eigenvalue weighted by molar-refractivity contribution is 5.93.